The molecule has 106 valence electrons. The number of nitrogens with zero attached hydrogens (tertiary/aromatic N) is 1. The molecular formula is C12H16FNO4S. The van der Waals surface area contributed by atoms with E-state index >= 15 is 0 Å². The molecule has 1 aromatic carbocycles. The van der Waals surface area contributed by atoms with Crippen LogP contribution in [0, 0.1) is 5.82 Å². The van der Waals surface area contributed by atoms with Crippen LogP contribution in [0.25, 0.3) is 0 Å². The second-order valence-corrected chi connectivity index (χ2v) is 6.23. The molecular weight excluding hydrogens is 273 g/mol. The smallest absolute Gasteiger partial charge is 0.243 e. The minimum Gasteiger partial charge on any atom is -0.494 e. The van der Waals surface area contributed by atoms with Crippen molar-refractivity contribution in [2.24, 2.45) is 0 Å². The number of ether oxygens (including phenoxy) is 2. The second-order valence-electron chi connectivity index (χ2n) is 4.34. The summed E-state index contributed by atoms with van der Waals surface area (Å²) in [6.45, 7) is 2.73. The summed E-state index contributed by atoms with van der Waals surface area (Å²) in [6, 6.07) is 3.38. The predicted octanol–water partition coefficient (Wildman–Crippen LogP) is 1.24. The summed E-state index contributed by atoms with van der Waals surface area (Å²) in [6.07, 6.45) is 0. The van der Waals surface area contributed by atoms with Crippen molar-refractivity contribution in [3.05, 3.63) is 24.0 Å². The molecule has 1 fully saturated rings. The molecule has 1 aliphatic heterocycles. The van der Waals surface area contributed by atoms with Crippen LogP contribution in [0.1, 0.15) is 6.92 Å². The van der Waals surface area contributed by atoms with Crippen molar-refractivity contribution < 1.29 is 22.3 Å². The molecule has 0 saturated carbocycles. The van der Waals surface area contributed by atoms with E-state index < -0.39 is 15.8 Å². The highest BCUT2D eigenvalue weighted by Crippen LogP contribution is 2.25. The molecule has 0 spiro atoms. The number of benzene rings is 1. The molecule has 0 bridgehead atoms. The van der Waals surface area contributed by atoms with Crippen molar-refractivity contribution in [2.45, 2.75) is 17.9 Å². The van der Waals surface area contributed by atoms with E-state index in [-0.39, 0.29) is 23.2 Å². The third-order valence-electron chi connectivity index (χ3n) is 3.04. The fourth-order valence-electron chi connectivity index (χ4n) is 2.01. The van der Waals surface area contributed by atoms with Gasteiger partial charge in [0.1, 0.15) is 0 Å². The molecule has 5 nitrogen and oxygen atoms in total. The lowest BCUT2D eigenvalue weighted by Crippen LogP contribution is -2.46. The van der Waals surface area contributed by atoms with Crippen LogP contribution in [0.15, 0.2) is 23.1 Å². The van der Waals surface area contributed by atoms with Crippen LogP contribution in [-0.2, 0) is 14.8 Å². The van der Waals surface area contributed by atoms with Crippen LogP contribution >= 0.6 is 0 Å². The van der Waals surface area contributed by atoms with E-state index in [1.807, 2.05) is 0 Å². The molecule has 0 aromatic heterocycles. The summed E-state index contributed by atoms with van der Waals surface area (Å²) >= 11 is 0. The fraction of sp³-hybridized carbons (Fsp3) is 0.500. The Labute approximate surface area is 112 Å². The molecule has 0 amide bonds. The van der Waals surface area contributed by atoms with E-state index in [0.717, 1.165) is 6.07 Å². The lowest BCUT2D eigenvalue weighted by molar-refractivity contribution is 0.0392. The lowest BCUT2D eigenvalue weighted by Gasteiger charge is -2.32. The molecule has 0 radical (unpaired) electrons. The summed E-state index contributed by atoms with van der Waals surface area (Å²) in [7, 11) is -2.37. The maximum absolute atomic E-state index is 13.6. The minimum absolute atomic E-state index is 0.0222. The molecule has 1 aromatic rings. The van der Waals surface area contributed by atoms with Crippen LogP contribution in [0.3, 0.4) is 0 Å². The van der Waals surface area contributed by atoms with Gasteiger partial charge in [0.15, 0.2) is 11.6 Å². The van der Waals surface area contributed by atoms with Gasteiger partial charge in [0.2, 0.25) is 10.0 Å². The van der Waals surface area contributed by atoms with E-state index in [1.165, 1.54) is 23.5 Å². The van der Waals surface area contributed by atoms with Crippen LogP contribution < -0.4 is 4.74 Å². The van der Waals surface area contributed by atoms with Crippen LogP contribution in [0.2, 0.25) is 0 Å². The Balaban J connectivity index is 2.36. The molecule has 1 heterocycles. The highest BCUT2D eigenvalue weighted by Gasteiger charge is 2.31. The highest BCUT2D eigenvalue weighted by atomic mass is 32.2. The van der Waals surface area contributed by atoms with Gasteiger partial charge in [-0.2, -0.15) is 4.31 Å². The van der Waals surface area contributed by atoms with Gasteiger partial charge in [-0.3, -0.25) is 0 Å². The van der Waals surface area contributed by atoms with E-state index in [1.54, 1.807) is 6.92 Å². The summed E-state index contributed by atoms with van der Waals surface area (Å²) in [5.74, 6) is -0.668. The number of morpholine rings is 1. The largest absolute Gasteiger partial charge is 0.494 e. The molecule has 19 heavy (non-hydrogen) atoms. The maximum atomic E-state index is 13.6. The van der Waals surface area contributed by atoms with Gasteiger partial charge >= 0.3 is 0 Å². The zero-order valence-corrected chi connectivity index (χ0v) is 11.6. The Bertz CT molecular complexity index is 561. The van der Waals surface area contributed by atoms with E-state index in [4.69, 9.17) is 9.47 Å². The van der Waals surface area contributed by atoms with Gasteiger partial charge in [0.05, 0.1) is 25.2 Å². The molecule has 7 heteroatoms. The third-order valence-corrected chi connectivity index (χ3v) is 5.05. The second kappa shape index (κ2) is 5.44. The highest BCUT2D eigenvalue weighted by molar-refractivity contribution is 7.89. The minimum atomic E-state index is -3.70. The Hall–Kier alpha value is -1.18. The van der Waals surface area contributed by atoms with Crippen molar-refractivity contribution in [3.8, 4) is 5.75 Å². The predicted molar refractivity (Wildman–Crippen MR) is 67.1 cm³/mol. The van der Waals surface area contributed by atoms with E-state index in [2.05, 4.69) is 0 Å². The standard InChI is InChI=1S/C12H16FNO4S/c1-9-8-18-6-5-14(9)19(15,16)10-3-4-12(17-2)11(13)7-10/h3-4,7,9H,5-6,8H2,1-2H3. The van der Waals surface area contributed by atoms with Crippen molar-refractivity contribution in [1.29, 1.82) is 0 Å². The van der Waals surface area contributed by atoms with Gasteiger partial charge in [0, 0.05) is 12.6 Å². The molecule has 0 aliphatic carbocycles. The normalized spacial score (nSPS) is 21.3. The third kappa shape index (κ3) is 2.72. The topological polar surface area (TPSA) is 55.8 Å². The number of halogens is 1. The summed E-state index contributed by atoms with van der Waals surface area (Å²) in [4.78, 5) is -0.0699. The first kappa shape index (κ1) is 14.2. The van der Waals surface area contributed by atoms with Crippen molar-refractivity contribution in [3.63, 3.8) is 0 Å². The molecule has 2 rings (SSSR count). The summed E-state index contributed by atoms with van der Waals surface area (Å²) in [5.41, 5.74) is 0. The molecule has 1 saturated heterocycles. The molecule has 1 unspecified atom stereocenters. The van der Waals surface area contributed by atoms with Crippen molar-refractivity contribution in [1.82, 2.24) is 4.31 Å². The van der Waals surface area contributed by atoms with Crippen LogP contribution in [0.5, 0.6) is 5.75 Å². The van der Waals surface area contributed by atoms with E-state index in [9.17, 15) is 12.8 Å². The first-order valence-electron chi connectivity index (χ1n) is 5.90. The zero-order valence-electron chi connectivity index (χ0n) is 10.8. The van der Waals surface area contributed by atoms with Gasteiger partial charge in [-0.1, -0.05) is 0 Å². The molecule has 1 aliphatic rings. The number of hydrogen-bond donors (Lipinski definition) is 0. The summed E-state index contributed by atoms with van der Waals surface area (Å²) in [5, 5.41) is 0. The lowest BCUT2D eigenvalue weighted by atomic mass is 10.3. The van der Waals surface area contributed by atoms with Crippen LogP contribution in [-0.4, -0.2) is 45.6 Å². The first-order chi connectivity index (χ1) is 8.96. The van der Waals surface area contributed by atoms with Gasteiger partial charge in [0.25, 0.3) is 0 Å². The average molecular weight is 289 g/mol. The Kier molecular flexibility index (Phi) is 4.07. The molecule has 1 atom stereocenters. The Morgan fingerprint density at radius 1 is 1.47 bits per heavy atom. The number of rotatable bonds is 3. The van der Waals surface area contributed by atoms with Crippen molar-refractivity contribution >= 4 is 10.0 Å². The monoisotopic (exact) mass is 289 g/mol. The van der Waals surface area contributed by atoms with Crippen LogP contribution in [0.4, 0.5) is 4.39 Å². The number of sulfonamides is 1. The maximum Gasteiger partial charge on any atom is 0.243 e. The number of methoxy groups -OCH3 is 1. The van der Waals surface area contributed by atoms with Gasteiger partial charge in [-0.05, 0) is 25.1 Å². The quantitative estimate of drug-likeness (QED) is 0.840. The first-order valence-corrected chi connectivity index (χ1v) is 7.34. The average Bonchev–Trinajstić information content (AvgIpc) is 2.39. The van der Waals surface area contributed by atoms with E-state index in [0.29, 0.717) is 13.2 Å². The Morgan fingerprint density at radius 3 is 2.79 bits per heavy atom. The Morgan fingerprint density at radius 2 is 2.21 bits per heavy atom. The summed E-state index contributed by atoms with van der Waals surface area (Å²) < 4.78 is 49.7. The molecule has 0 N–H and O–H groups in total. The fourth-order valence-corrected chi connectivity index (χ4v) is 3.62. The van der Waals surface area contributed by atoms with Gasteiger partial charge in [-0.25, -0.2) is 12.8 Å². The van der Waals surface area contributed by atoms with Crippen molar-refractivity contribution in [2.75, 3.05) is 26.9 Å². The van der Waals surface area contributed by atoms with Gasteiger partial charge < -0.3 is 9.47 Å². The van der Waals surface area contributed by atoms with Gasteiger partial charge in [-0.15, -0.1) is 0 Å². The zero-order chi connectivity index (χ0) is 14.0. The number of hydrogen-bond acceptors (Lipinski definition) is 4. The SMILES string of the molecule is COc1ccc(S(=O)(=O)N2CCOCC2C)cc1F.